The Labute approximate surface area is 141 Å². The van der Waals surface area contributed by atoms with Gasteiger partial charge >= 0.3 is 0 Å². The lowest BCUT2D eigenvalue weighted by molar-refractivity contribution is 0.0773. The molecule has 0 saturated heterocycles. The number of rotatable bonds is 6. The standard InChI is InChI=1S/C16H20N2O3S2/c1-4-18(5-2)16(19)13-8-6-12(7-9-13)14-10-11-15(22-14)23(20,21)17-3/h6-11,17H,4-5H2,1-3H3. The molecule has 0 aliphatic heterocycles. The van der Waals surface area contributed by atoms with Crippen LogP contribution in [0.15, 0.2) is 40.6 Å². The van der Waals surface area contributed by atoms with E-state index in [1.807, 2.05) is 26.0 Å². The van der Waals surface area contributed by atoms with Crippen LogP contribution in [0.4, 0.5) is 0 Å². The summed E-state index contributed by atoms with van der Waals surface area (Å²) in [5.41, 5.74) is 1.53. The lowest BCUT2D eigenvalue weighted by Crippen LogP contribution is -2.30. The fourth-order valence-corrected chi connectivity index (χ4v) is 4.34. The van der Waals surface area contributed by atoms with Crippen LogP contribution in [0.2, 0.25) is 0 Å². The van der Waals surface area contributed by atoms with Crippen LogP contribution < -0.4 is 4.72 Å². The number of nitrogens with zero attached hydrogens (tertiary/aromatic N) is 1. The van der Waals surface area contributed by atoms with Gasteiger partial charge in [0, 0.05) is 23.5 Å². The minimum atomic E-state index is -3.42. The number of carbonyl (C=O) groups excluding carboxylic acids is 1. The highest BCUT2D eigenvalue weighted by atomic mass is 32.2. The molecule has 1 aromatic carbocycles. The lowest BCUT2D eigenvalue weighted by atomic mass is 10.1. The number of amides is 1. The minimum absolute atomic E-state index is 0.00572. The molecule has 0 saturated carbocycles. The van der Waals surface area contributed by atoms with E-state index in [0.29, 0.717) is 18.7 Å². The van der Waals surface area contributed by atoms with E-state index in [1.165, 1.54) is 18.4 Å². The molecule has 0 radical (unpaired) electrons. The second kappa shape index (κ2) is 7.25. The summed E-state index contributed by atoms with van der Waals surface area (Å²) in [7, 11) is -2.03. The molecule has 2 aromatic rings. The van der Waals surface area contributed by atoms with Gasteiger partial charge in [-0.3, -0.25) is 4.79 Å². The Morgan fingerprint density at radius 1 is 1.09 bits per heavy atom. The van der Waals surface area contributed by atoms with Gasteiger partial charge in [-0.1, -0.05) is 12.1 Å². The molecular weight excluding hydrogens is 332 g/mol. The molecule has 0 atom stereocenters. The first-order valence-electron chi connectivity index (χ1n) is 7.36. The van der Waals surface area contributed by atoms with Gasteiger partial charge in [0.2, 0.25) is 10.0 Å². The zero-order valence-electron chi connectivity index (χ0n) is 13.4. The molecule has 0 aliphatic rings. The molecule has 2 rings (SSSR count). The Balaban J connectivity index is 2.25. The normalized spacial score (nSPS) is 11.4. The summed E-state index contributed by atoms with van der Waals surface area (Å²) in [5.74, 6) is 0.00572. The van der Waals surface area contributed by atoms with Crippen molar-refractivity contribution in [3.63, 3.8) is 0 Å². The maximum absolute atomic E-state index is 12.3. The van der Waals surface area contributed by atoms with Crippen LogP contribution in [0.3, 0.4) is 0 Å². The average molecular weight is 352 g/mol. The van der Waals surface area contributed by atoms with Crippen molar-refractivity contribution in [2.24, 2.45) is 0 Å². The van der Waals surface area contributed by atoms with Crippen LogP contribution in [0.25, 0.3) is 10.4 Å². The summed E-state index contributed by atoms with van der Waals surface area (Å²) >= 11 is 1.20. The largest absolute Gasteiger partial charge is 0.339 e. The molecule has 0 spiro atoms. The van der Waals surface area contributed by atoms with Crippen molar-refractivity contribution in [3.05, 3.63) is 42.0 Å². The van der Waals surface area contributed by atoms with E-state index < -0.39 is 10.0 Å². The minimum Gasteiger partial charge on any atom is -0.339 e. The zero-order valence-corrected chi connectivity index (χ0v) is 15.0. The first-order chi connectivity index (χ1) is 10.9. The second-order valence-corrected chi connectivity index (χ2v) is 8.08. The van der Waals surface area contributed by atoms with Gasteiger partial charge in [0.15, 0.2) is 0 Å². The predicted molar refractivity (Wildman–Crippen MR) is 93.3 cm³/mol. The molecule has 1 heterocycles. The Kier molecular flexibility index (Phi) is 5.56. The fourth-order valence-electron chi connectivity index (χ4n) is 2.19. The third kappa shape index (κ3) is 3.80. The van der Waals surface area contributed by atoms with Gasteiger partial charge in [0.1, 0.15) is 4.21 Å². The van der Waals surface area contributed by atoms with Crippen molar-refractivity contribution >= 4 is 27.3 Å². The third-order valence-electron chi connectivity index (χ3n) is 3.58. The summed E-state index contributed by atoms with van der Waals surface area (Å²) in [4.78, 5) is 14.9. The summed E-state index contributed by atoms with van der Waals surface area (Å²) < 4.78 is 26.1. The van der Waals surface area contributed by atoms with E-state index in [2.05, 4.69) is 4.72 Å². The molecule has 7 heteroatoms. The van der Waals surface area contributed by atoms with Crippen LogP contribution in [0, 0.1) is 0 Å². The molecule has 0 bridgehead atoms. The second-order valence-electron chi connectivity index (χ2n) is 4.88. The van der Waals surface area contributed by atoms with E-state index in [1.54, 1.807) is 29.2 Å². The van der Waals surface area contributed by atoms with E-state index in [4.69, 9.17) is 0 Å². The van der Waals surface area contributed by atoms with Crippen molar-refractivity contribution in [3.8, 4) is 10.4 Å². The van der Waals surface area contributed by atoms with Gasteiger partial charge in [-0.15, -0.1) is 11.3 Å². The number of sulfonamides is 1. The van der Waals surface area contributed by atoms with Gasteiger partial charge < -0.3 is 4.90 Å². The lowest BCUT2D eigenvalue weighted by Gasteiger charge is -2.18. The molecule has 0 fully saturated rings. The van der Waals surface area contributed by atoms with Crippen molar-refractivity contribution in [1.82, 2.24) is 9.62 Å². The van der Waals surface area contributed by atoms with Crippen LogP contribution in [0.1, 0.15) is 24.2 Å². The van der Waals surface area contributed by atoms with Crippen LogP contribution in [-0.4, -0.2) is 39.4 Å². The molecule has 1 amide bonds. The van der Waals surface area contributed by atoms with Gasteiger partial charge in [-0.25, -0.2) is 13.1 Å². The van der Waals surface area contributed by atoms with Crippen molar-refractivity contribution in [2.45, 2.75) is 18.1 Å². The number of benzene rings is 1. The van der Waals surface area contributed by atoms with Crippen molar-refractivity contribution in [1.29, 1.82) is 0 Å². The maximum Gasteiger partial charge on any atom is 0.253 e. The summed E-state index contributed by atoms with van der Waals surface area (Å²) in [6, 6.07) is 10.6. The number of hydrogen-bond donors (Lipinski definition) is 1. The van der Waals surface area contributed by atoms with E-state index in [-0.39, 0.29) is 10.1 Å². The number of nitrogens with one attached hydrogen (secondary N) is 1. The predicted octanol–water partition coefficient (Wildman–Crippen LogP) is 2.81. The number of carbonyl (C=O) groups is 1. The summed E-state index contributed by atoms with van der Waals surface area (Å²) in [6.45, 7) is 5.25. The molecule has 5 nitrogen and oxygen atoms in total. The van der Waals surface area contributed by atoms with E-state index in [9.17, 15) is 13.2 Å². The Hall–Kier alpha value is -1.70. The van der Waals surface area contributed by atoms with E-state index in [0.717, 1.165) is 10.4 Å². The summed E-state index contributed by atoms with van der Waals surface area (Å²) in [5, 5.41) is 0. The van der Waals surface area contributed by atoms with Crippen molar-refractivity contribution in [2.75, 3.05) is 20.1 Å². The molecule has 0 aliphatic carbocycles. The topological polar surface area (TPSA) is 66.5 Å². The van der Waals surface area contributed by atoms with E-state index >= 15 is 0 Å². The Morgan fingerprint density at radius 2 is 1.70 bits per heavy atom. The van der Waals surface area contributed by atoms with Crippen LogP contribution >= 0.6 is 11.3 Å². The van der Waals surface area contributed by atoms with Crippen molar-refractivity contribution < 1.29 is 13.2 Å². The molecule has 23 heavy (non-hydrogen) atoms. The molecular formula is C16H20N2O3S2. The number of hydrogen-bond acceptors (Lipinski definition) is 4. The van der Waals surface area contributed by atoms with Gasteiger partial charge in [0.05, 0.1) is 0 Å². The molecule has 0 unspecified atom stereocenters. The van der Waals surface area contributed by atoms with Crippen LogP contribution in [0.5, 0.6) is 0 Å². The van der Waals surface area contributed by atoms with Gasteiger partial charge in [0.25, 0.3) is 5.91 Å². The average Bonchev–Trinajstić information content (AvgIpc) is 3.07. The maximum atomic E-state index is 12.3. The summed E-state index contributed by atoms with van der Waals surface area (Å²) in [6.07, 6.45) is 0. The smallest absolute Gasteiger partial charge is 0.253 e. The zero-order chi connectivity index (χ0) is 17.0. The quantitative estimate of drug-likeness (QED) is 0.869. The molecule has 124 valence electrons. The Bertz CT molecular complexity index is 776. The molecule has 1 N–H and O–H groups in total. The SMILES string of the molecule is CCN(CC)C(=O)c1ccc(-c2ccc(S(=O)(=O)NC)s2)cc1. The fraction of sp³-hybridized carbons (Fsp3) is 0.312. The highest BCUT2D eigenvalue weighted by molar-refractivity contribution is 7.91. The highest BCUT2D eigenvalue weighted by Crippen LogP contribution is 2.30. The monoisotopic (exact) mass is 352 g/mol. The van der Waals surface area contributed by atoms with Gasteiger partial charge in [-0.2, -0.15) is 0 Å². The first kappa shape index (κ1) is 17.7. The van der Waals surface area contributed by atoms with Gasteiger partial charge in [-0.05, 0) is 50.7 Å². The van der Waals surface area contributed by atoms with Crippen LogP contribution in [-0.2, 0) is 10.0 Å². The number of thiophene rings is 1. The Morgan fingerprint density at radius 3 is 2.22 bits per heavy atom. The highest BCUT2D eigenvalue weighted by Gasteiger charge is 2.16. The first-order valence-corrected chi connectivity index (χ1v) is 9.66. The third-order valence-corrected chi connectivity index (χ3v) is 6.62. The molecule has 1 aromatic heterocycles.